The largest absolute Gasteiger partial charge is 0.497 e. The van der Waals surface area contributed by atoms with Gasteiger partial charge in [0.15, 0.2) is 5.96 Å². The van der Waals surface area contributed by atoms with Crippen molar-refractivity contribution in [1.29, 1.82) is 0 Å². The van der Waals surface area contributed by atoms with E-state index in [4.69, 9.17) is 14.2 Å². The van der Waals surface area contributed by atoms with Crippen LogP contribution in [0.5, 0.6) is 11.5 Å². The Kier molecular flexibility index (Phi) is 9.71. The molecule has 0 saturated carbocycles. The topological polar surface area (TPSA) is 64.1 Å². The molecular formula is C23H32IN3O3. The Labute approximate surface area is 196 Å². The Balaban J connectivity index is 0.00000320. The van der Waals surface area contributed by atoms with Crippen LogP contribution in [0.4, 0.5) is 0 Å². The lowest BCUT2D eigenvalue weighted by Crippen LogP contribution is -2.47. The number of rotatable bonds is 7. The van der Waals surface area contributed by atoms with Gasteiger partial charge in [-0.2, -0.15) is 0 Å². The minimum atomic E-state index is 0. The van der Waals surface area contributed by atoms with Gasteiger partial charge in [0, 0.05) is 44.3 Å². The molecule has 2 N–H and O–H groups in total. The molecule has 0 bridgehead atoms. The first-order chi connectivity index (χ1) is 14.2. The van der Waals surface area contributed by atoms with Crippen LogP contribution in [0.15, 0.2) is 53.5 Å². The summed E-state index contributed by atoms with van der Waals surface area (Å²) in [5.41, 5.74) is 2.40. The van der Waals surface area contributed by atoms with Crippen LogP contribution in [-0.4, -0.2) is 47.0 Å². The fraction of sp³-hybridized carbons (Fsp3) is 0.435. The van der Waals surface area contributed by atoms with E-state index < -0.39 is 0 Å². The van der Waals surface area contributed by atoms with Gasteiger partial charge in [-0.3, -0.25) is 4.99 Å². The van der Waals surface area contributed by atoms with Crippen molar-refractivity contribution in [2.24, 2.45) is 4.99 Å². The first kappa shape index (κ1) is 24.3. The van der Waals surface area contributed by atoms with E-state index >= 15 is 0 Å². The van der Waals surface area contributed by atoms with E-state index in [9.17, 15) is 0 Å². The van der Waals surface area contributed by atoms with Crippen LogP contribution >= 0.6 is 24.0 Å². The number of para-hydroxylation sites is 1. The molecule has 0 amide bonds. The number of halogens is 1. The highest BCUT2D eigenvalue weighted by molar-refractivity contribution is 14.0. The first-order valence-electron chi connectivity index (χ1n) is 9.99. The number of hydrogen-bond acceptors (Lipinski definition) is 4. The van der Waals surface area contributed by atoms with Crippen LogP contribution in [0, 0.1) is 0 Å². The molecule has 7 heteroatoms. The molecule has 0 radical (unpaired) electrons. The predicted molar refractivity (Wildman–Crippen MR) is 131 cm³/mol. The number of methoxy groups -OCH3 is 2. The molecule has 1 fully saturated rings. The zero-order valence-electron chi connectivity index (χ0n) is 17.9. The summed E-state index contributed by atoms with van der Waals surface area (Å²) in [6.07, 6.45) is 1.94. The molecule has 164 valence electrons. The van der Waals surface area contributed by atoms with Crippen LogP contribution < -0.4 is 20.1 Å². The normalized spacial score (nSPS) is 15.6. The lowest BCUT2D eigenvalue weighted by atomic mass is 9.74. The van der Waals surface area contributed by atoms with Gasteiger partial charge in [-0.05, 0) is 36.6 Å². The fourth-order valence-corrected chi connectivity index (χ4v) is 3.78. The van der Waals surface area contributed by atoms with Crippen LogP contribution in [-0.2, 0) is 16.7 Å². The van der Waals surface area contributed by atoms with Crippen molar-refractivity contribution < 1.29 is 14.2 Å². The summed E-state index contributed by atoms with van der Waals surface area (Å²) in [5.74, 6) is 2.52. The quantitative estimate of drug-likeness (QED) is 0.328. The molecule has 0 atom stereocenters. The lowest BCUT2D eigenvalue weighted by molar-refractivity contribution is 0.0513. The van der Waals surface area contributed by atoms with E-state index in [0.29, 0.717) is 6.54 Å². The number of aliphatic imine (C=N–C) groups is 1. The van der Waals surface area contributed by atoms with Crippen LogP contribution in [0.25, 0.3) is 0 Å². The second-order valence-electron chi connectivity index (χ2n) is 7.21. The molecular weight excluding hydrogens is 493 g/mol. The minimum absolute atomic E-state index is 0. The summed E-state index contributed by atoms with van der Waals surface area (Å²) in [6, 6.07) is 16.4. The maximum Gasteiger partial charge on any atom is 0.191 e. The molecule has 1 saturated heterocycles. The number of ether oxygens (including phenoxy) is 3. The SMILES string of the molecule is CN=C(NCc1ccccc1OC)NCC1(c2ccc(OC)cc2)CCOCC1.I. The van der Waals surface area contributed by atoms with Gasteiger partial charge in [0.25, 0.3) is 0 Å². The average Bonchev–Trinajstić information content (AvgIpc) is 2.80. The van der Waals surface area contributed by atoms with E-state index in [1.807, 2.05) is 30.3 Å². The van der Waals surface area contributed by atoms with Gasteiger partial charge < -0.3 is 24.8 Å². The van der Waals surface area contributed by atoms with E-state index in [1.165, 1.54) is 5.56 Å². The molecule has 1 heterocycles. The second-order valence-corrected chi connectivity index (χ2v) is 7.21. The third kappa shape index (κ3) is 6.01. The monoisotopic (exact) mass is 525 g/mol. The molecule has 2 aromatic rings. The van der Waals surface area contributed by atoms with E-state index in [1.54, 1.807) is 21.3 Å². The van der Waals surface area contributed by atoms with Crippen LogP contribution in [0.1, 0.15) is 24.0 Å². The number of nitrogens with one attached hydrogen (secondary N) is 2. The van der Waals surface area contributed by atoms with Gasteiger partial charge >= 0.3 is 0 Å². The molecule has 1 aliphatic heterocycles. The van der Waals surface area contributed by atoms with Gasteiger partial charge in [-0.1, -0.05) is 30.3 Å². The number of benzene rings is 2. The summed E-state index contributed by atoms with van der Waals surface area (Å²) in [4.78, 5) is 4.40. The lowest BCUT2D eigenvalue weighted by Gasteiger charge is -2.38. The smallest absolute Gasteiger partial charge is 0.191 e. The van der Waals surface area contributed by atoms with Gasteiger partial charge in [0.1, 0.15) is 11.5 Å². The third-order valence-electron chi connectivity index (χ3n) is 5.61. The molecule has 0 aliphatic carbocycles. The van der Waals surface area contributed by atoms with Gasteiger partial charge in [0.2, 0.25) is 0 Å². The minimum Gasteiger partial charge on any atom is -0.497 e. The molecule has 0 aromatic heterocycles. The van der Waals surface area contributed by atoms with E-state index in [-0.39, 0.29) is 29.4 Å². The second kappa shape index (κ2) is 12.0. The van der Waals surface area contributed by atoms with Crippen molar-refractivity contribution in [3.05, 3.63) is 59.7 Å². The summed E-state index contributed by atoms with van der Waals surface area (Å²) in [6.45, 7) is 2.96. The maximum absolute atomic E-state index is 5.64. The number of guanidine groups is 1. The van der Waals surface area contributed by atoms with Crippen LogP contribution in [0.3, 0.4) is 0 Å². The highest BCUT2D eigenvalue weighted by atomic mass is 127. The Hall–Kier alpha value is -2.00. The van der Waals surface area contributed by atoms with Gasteiger partial charge in [-0.15, -0.1) is 24.0 Å². The summed E-state index contributed by atoms with van der Waals surface area (Å²) in [5, 5.41) is 6.92. The summed E-state index contributed by atoms with van der Waals surface area (Å²) >= 11 is 0. The highest BCUT2D eigenvalue weighted by Crippen LogP contribution is 2.35. The Morgan fingerprint density at radius 1 is 1.00 bits per heavy atom. The average molecular weight is 525 g/mol. The standard InChI is InChI=1S/C23H31N3O3.HI/c1-24-22(25-16-18-6-4-5-7-21(18)28-3)26-17-23(12-14-29-15-13-23)19-8-10-20(27-2)11-9-19;/h4-11H,12-17H2,1-3H3,(H2,24,25,26);1H. The third-order valence-corrected chi connectivity index (χ3v) is 5.61. The molecule has 30 heavy (non-hydrogen) atoms. The van der Waals surface area contributed by atoms with Crippen molar-refractivity contribution in [2.75, 3.05) is 41.0 Å². The van der Waals surface area contributed by atoms with Crippen molar-refractivity contribution in [3.63, 3.8) is 0 Å². The van der Waals surface area contributed by atoms with Crippen molar-refractivity contribution in [1.82, 2.24) is 10.6 Å². The zero-order chi connectivity index (χ0) is 20.5. The van der Waals surface area contributed by atoms with Crippen molar-refractivity contribution in [2.45, 2.75) is 24.8 Å². The molecule has 2 aromatic carbocycles. The molecule has 1 aliphatic rings. The maximum atomic E-state index is 5.64. The number of nitrogens with zero attached hydrogens (tertiary/aromatic N) is 1. The van der Waals surface area contributed by atoms with E-state index in [2.05, 4.69) is 33.8 Å². The summed E-state index contributed by atoms with van der Waals surface area (Å²) < 4.78 is 16.4. The molecule has 3 rings (SSSR count). The highest BCUT2D eigenvalue weighted by Gasteiger charge is 2.34. The first-order valence-corrected chi connectivity index (χ1v) is 9.99. The Bertz CT molecular complexity index is 806. The van der Waals surface area contributed by atoms with Gasteiger partial charge in [-0.25, -0.2) is 0 Å². The molecule has 0 unspecified atom stereocenters. The van der Waals surface area contributed by atoms with Crippen molar-refractivity contribution >= 4 is 29.9 Å². The zero-order valence-corrected chi connectivity index (χ0v) is 20.3. The Morgan fingerprint density at radius 3 is 2.33 bits per heavy atom. The van der Waals surface area contributed by atoms with Crippen LogP contribution in [0.2, 0.25) is 0 Å². The fourth-order valence-electron chi connectivity index (χ4n) is 3.78. The number of hydrogen-bond donors (Lipinski definition) is 2. The molecule has 0 spiro atoms. The molecule has 6 nitrogen and oxygen atoms in total. The van der Waals surface area contributed by atoms with Crippen molar-refractivity contribution in [3.8, 4) is 11.5 Å². The van der Waals surface area contributed by atoms with E-state index in [0.717, 1.165) is 55.6 Å². The summed E-state index contributed by atoms with van der Waals surface area (Å²) in [7, 11) is 5.18. The Morgan fingerprint density at radius 2 is 1.70 bits per heavy atom. The van der Waals surface area contributed by atoms with Gasteiger partial charge in [0.05, 0.1) is 14.2 Å². The predicted octanol–water partition coefficient (Wildman–Crippen LogP) is 3.74.